The molecule has 0 saturated heterocycles. The highest BCUT2D eigenvalue weighted by Gasteiger charge is 2.13. The maximum atomic E-state index is 14.3. The Morgan fingerprint density at radius 2 is 1.92 bits per heavy atom. The van der Waals surface area contributed by atoms with E-state index in [2.05, 4.69) is 20.6 Å². The summed E-state index contributed by atoms with van der Waals surface area (Å²) in [6.07, 6.45) is 0.885. The van der Waals surface area contributed by atoms with Gasteiger partial charge >= 0.3 is 0 Å². The maximum Gasteiger partial charge on any atom is 0.239 e. The van der Waals surface area contributed by atoms with Crippen LogP contribution in [0, 0.1) is 11.6 Å². The van der Waals surface area contributed by atoms with E-state index in [-0.39, 0.29) is 10.8 Å². The number of tetrazole rings is 1. The van der Waals surface area contributed by atoms with Gasteiger partial charge in [0.25, 0.3) is 0 Å². The fourth-order valence-corrected chi connectivity index (χ4v) is 2.76. The van der Waals surface area contributed by atoms with Crippen LogP contribution in [-0.4, -0.2) is 20.6 Å². The van der Waals surface area contributed by atoms with Gasteiger partial charge in [-0.3, -0.25) is 0 Å². The van der Waals surface area contributed by atoms with Crippen LogP contribution in [0.25, 0.3) is 22.6 Å². The number of benzene rings is 2. The summed E-state index contributed by atoms with van der Waals surface area (Å²) in [5.74, 6) is -0.122. The molecular formula is C17H11ClF2N4O. The molecule has 5 nitrogen and oxygen atoms in total. The Labute approximate surface area is 145 Å². The summed E-state index contributed by atoms with van der Waals surface area (Å²) < 4.78 is 33.5. The number of H-pyrrole nitrogens is 1. The predicted octanol–water partition coefficient (Wildman–Crippen LogP) is 4.33. The van der Waals surface area contributed by atoms with E-state index in [1.54, 1.807) is 18.2 Å². The van der Waals surface area contributed by atoms with E-state index in [9.17, 15) is 8.78 Å². The Kier molecular flexibility index (Phi) is 3.93. The van der Waals surface area contributed by atoms with Crippen LogP contribution in [0.5, 0.6) is 0 Å². The molecule has 0 amide bonds. The van der Waals surface area contributed by atoms with E-state index in [4.69, 9.17) is 16.0 Å². The number of hydrogen-bond acceptors (Lipinski definition) is 4. The minimum absolute atomic E-state index is 0.0703. The molecule has 0 saturated carbocycles. The second-order valence-corrected chi connectivity index (χ2v) is 5.98. The lowest BCUT2D eigenvalue weighted by Gasteiger charge is -2.05. The topological polar surface area (TPSA) is 67.6 Å². The van der Waals surface area contributed by atoms with Gasteiger partial charge in [0.2, 0.25) is 5.82 Å². The van der Waals surface area contributed by atoms with Gasteiger partial charge in [0.15, 0.2) is 5.76 Å². The van der Waals surface area contributed by atoms with Gasteiger partial charge in [0, 0.05) is 5.39 Å². The van der Waals surface area contributed by atoms with Crippen molar-refractivity contribution in [2.45, 2.75) is 12.8 Å². The van der Waals surface area contributed by atoms with E-state index in [1.165, 1.54) is 18.2 Å². The third-order valence-corrected chi connectivity index (χ3v) is 4.22. The summed E-state index contributed by atoms with van der Waals surface area (Å²) in [6.45, 7) is 0. The molecule has 126 valence electrons. The van der Waals surface area contributed by atoms with Gasteiger partial charge in [-0.15, -0.1) is 10.2 Å². The third kappa shape index (κ3) is 3.10. The molecular weight excluding hydrogens is 350 g/mol. The van der Waals surface area contributed by atoms with Crippen molar-refractivity contribution in [1.29, 1.82) is 0 Å². The molecule has 4 rings (SSSR count). The van der Waals surface area contributed by atoms with Crippen molar-refractivity contribution in [2.24, 2.45) is 0 Å². The highest BCUT2D eigenvalue weighted by molar-refractivity contribution is 6.30. The third-order valence-electron chi connectivity index (χ3n) is 3.92. The van der Waals surface area contributed by atoms with Crippen LogP contribution in [-0.2, 0) is 12.8 Å². The Balaban J connectivity index is 1.60. The minimum atomic E-state index is -0.481. The molecule has 4 aromatic rings. The fourth-order valence-electron chi connectivity index (χ4n) is 2.64. The lowest BCUT2D eigenvalue weighted by molar-refractivity contribution is 0.601. The van der Waals surface area contributed by atoms with Gasteiger partial charge in [-0.05, 0) is 59.5 Å². The van der Waals surface area contributed by atoms with E-state index in [0.29, 0.717) is 41.0 Å². The Bertz CT molecular complexity index is 1050. The SMILES string of the molecule is Fc1cc(CCc2cc3oc(-c4nn[nH]n4)cc3cc2F)ccc1Cl. The number of furan rings is 1. The van der Waals surface area contributed by atoms with Crippen molar-refractivity contribution in [3.8, 4) is 11.6 Å². The predicted molar refractivity (Wildman–Crippen MR) is 88.2 cm³/mol. The van der Waals surface area contributed by atoms with Crippen molar-refractivity contribution in [1.82, 2.24) is 20.6 Å². The smallest absolute Gasteiger partial charge is 0.239 e. The number of aryl methyl sites for hydroxylation is 2. The lowest BCUT2D eigenvalue weighted by Crippen LogP contribution is -1.95. The quantitative estimate of drug-likeness (QED) is 0.588. The summed E-state index contributed by atoms with van der Waals surface area (Å²) in [5.41, 5.74) is 1.75. The highest BCUT2D eigenvalue weighted by atomic mass is 35.5. The molecule has 2 heterocycles. The van der Waals surface area contributed by atoms with Crippen LogP contribution < -0.4 is 0 Å². The molecule has 0 aliphatic carbocycles. The summed E-state index contributed by atoms with van der Waals surface area (Å²) in [4.78, 5) is 0. The van der Waals surface area contributed by atoms with Gasteiger partial charge in [0.1, 0.15) is 17.2 Å². The van der Waals surface area contributed by atoms with Crippen molar-refractivity contribution in [3.63, 3.8) is 0 Å². The van der Waals surface area contributed by atoms with Gasteiger partial charge in [-0.2, -0.15) is 5.21 Å². The van der Waals surface area contributed by atoms with Crippen molar-refractivity contribution in [3.05, 3.63) is 64.2 Å². The molecule has 2 aromatic carbocycles. The number of nitrogens with zero attached hydrogens (tertiary/aromatic N) is 3. The zero-order chi connectivity index (χ0) is 17.4. The summed E-state index contributed by atoms with van der Waals surface area (Å²) in [7, 11) is 0. The average molecular weight is 361 g/mol. The molecule has 2 aromatic heterocycles. The van der Waals surface area contributed by atoms with Crippen molar-refractivity contribution in [2.75, 3.05) is 0 Å². The highest BCUT2D eigenvalue weighted by Crippen LogP contribution is 2.28. The lowest BCUT2D eigenvalue weighted by atomic mass is 10.0. The fraction of sp³-hybridized carbons (Fsp3) is 0.118. The number of hydrogen-bond donors (Lipinski definition) is 1. The van der Waals surface area contributed by atoms with Gasteiger partial charge < -0.3 is 4.42 Å². The standard InChI is InChI=1S/C17H11ClF2N4O/c18-12-4-2-9(5-14(12)20)1-3-10-7-15-11(6-13(10)19)8-16(25-15)17-21-23-24-22-17/h2,4-8H,1,3H2,(H,21,22,23,24). The Morgan fingerprint density at radius 3 is 2.68 bits per heavy atom. The summed E-state index contributed by atoms with van der Waals surface area (Å²) >= 11 is 5.67. The molecule has 0 atom stereocenters. The van der Waals surface area contributed by atoms with Crippen molar-refractivity contribution >= 4 is 22.6 Å². The van der Waals surface area contributed by atoms with Gasteiger partial charge in [0.05, 0.1) is 5.02 Å². The van der Waals surface area contributed by atoms with Crippen LogP contribution >= 0.6 is 11.6 Å². The molecule has 1 N–H and O–H groups in total. The number of fused-ring (bicyclic) bond motifs is 1. The first-order valence-electron chi connectivity index (χ1n) is 7.50. The molecule has 25 heavy (non-hydrogen) atoms. The van der Waals surface area contributed by atoms with Crippen LogP contribution in [0.1, 0.15) is 11.1 Å². The van der Waals surface area contributed by atoms with Crippen molar-refractivity contribution < 1.29 is 13.2 Å². The molecule has 0 fully saturated rings. The molecule has 0 aliphatic heterocycles. The normalized spacial score (nSPS) is 11.3. The van der Waals surface area contributed by atoms with E-state index < -0.39 is 5.82 Å². The van der Waals surface area contributed by atoms with E-state index >= 15 is 0 Å². The van der Waals surface area contributed by atoms with E-state index in [0.717, 1.165) is 5.56 Å². The van der Waals surface area contributed by atoms with Crippen LogP contribution in [0.4, 0.5) is 8.78 Å². The molecule has 0 bridgehead atoms. The average Bonchev–Trinajstić information content (AvgIpc) is 3.24. The molecule has 0 spiro atoms. The first-order valence-corrected chi connectivity index (χ1v) is 7.87. The maximum absolute atomic E-state index is 14.3. The summed E-state index contributed by atoms with van der Waals surface area (Å²) in [6, 6.07) is 9.28. The second-order valence-electron chi connectivity index (χ2n) is 5.58. The monoisotopic (exact) mass is 360 g/mol. The molecule has 0 radical (unpaired) electrons. The van der Waals surface area contributed by atoms with Crippen LogP contribution in [0.15, 0.2) is 40.8 Å². The number of aromatic amines is 1. The number of rotatable bonds is 4. The van der Waals surface area contributed by atoms with Crippen LogP contribution in [0.2, 0.25) is 5.02 Å². The first-order chi connectivity index (χ1) is 12.1. The number of aromatic nitrogens is 4. The number of halogens is 3. The first kappa shape index (κ1) is 15.7. The molecule has 0 aliphatic rings. The zero-order valence-electron chi connectivity index (χ0n) is 12.8. The molecule has 8 heteroatoms. The largest absolute Gasteiger partial charge is 0.453 e. The van der Waals surface area contributed by atoms with Gasteiger partial charge in [-0.25, -0.2) is 8.78 Å². The second kappa shape index (κ2) is 6.25. The van der Waals surface area contributed by atoms with Gasteiger partial charge in [-0.1, -0.05) is 17.7 Å². The summed E-state index contributed by atoms with van der Waals surface area (Å²) in [5, 5.41) is 14.2. The number of nitrogens with one attached hydrogen (secondary N) is 1. The molecule has 0 unspecified atom stereocenters. The van der Waals surface area contributed by atoms with Crippen LogP contribution in [0.3, 0.4) is 0 Å². The minimum Gasteiger partial charge on any atom is -0.453 e. The zero-order valence-corrected chi connectivity index (χ0v) is 13.5. The Hall–Kier alpha value is -2.80. The Morgan fingerprint density at radius 1 is 1.04 bits per heavy atom. The van der Waals surface area contributed by atoms with E-state index in [1.807, 2.05) is 0 Å².